The number of nitrogens with zero attached hydrogens (tertiary/aromatic N) is 2. The third kappa shape index (κ3) is 3.67. The number of rotatable bonds is 6. The van der Waals surface area contributed by atoms with E-state index in [1.807, 2.05) is 13.8 Å². The Morgan fingerprint density at radius 2 is 1.51 bits per heavy atom. The van der Waals surface area contributed by atoms with E-state index in [4.69, 9.17) is 9.15 Å². The van der Waals surface area contributed by atoms with Crippen molar-refractivity contribution in [1.29, 1.82) is 0 Å². The van der Waals surface area contributed by atoms with E-state index in [0.717, 1.165) is 11.1 Å². The molecule has 0 radical (unpaired) electrons. The van der Waals surface area contributed by atoms with E-state index in [1.165, 1.54) is 34.1 Å². The van der Waals surface area contributed by atoms with Gasteiger partial charge in [0.25, 0.3) is 0 Å². The first-order valence-corrected chi connectivity index (χ1v) is 15.7. The fourth-order valence-corrected chi connectivity index (χ4v) is 10.6. The Balaban J connectivity index is 1.59. The third-order valence-corrected chi connectivity index (χ3v) is 12.4. The van der Waals surface area contributed by atoms with Crippen molar-refractivity contribution in [3.05, 3.63) is 83.8 Å². The molecule has 11 heteroatoms. The Bertz CT molecular complexity index is 1620. The standard InChI is InChI=1S/C28H30N2O7S2/c1-18-6-10-21(11-7-18)38(32,33)29-17-20-14-15-28(27(31)36-3)24(20)26(29)25(23-5-4-16-37-23)30(28)39(34,35)22-12-8-19(2)9-13-22/h4-13,16,20,24-26H,14-15,17H2,1-3H3/t20-,24-,25-,26+,28-/m0/s1. The molecule has 0 amide bonds. The normalized spacial score (nSPS) is 29.0. The fourth-order valence-electron chi connectivity index (χ4n) is 6.98. The Labute approximate surface area is 228 Å². The van der Waals surface area contributed by atoms with Crippen LogP contribution in [0.4, 0.5) is 0 Å². The maximum atomic E-state index is 14.5. The van der Waals surface area contributed by atoms with Crippen molar-refractivity contribution in [2.45, 2.75) is 54.1 Å². The number of sulfonamides is 2. The summed E-state index contributed by atoms with van der Waals surface area (Å²) in [5.74, 6) is -1.25. The number of ether oxygens (including phenoxy) is 1. The first-order chi connectivity index (χ1) is 18.5. The zero-order valence-electron chi connectivity index (χ0n) is 21.9. The second-order valence-electron chi connectivity index (χ2n) is 10.7. The summed E-state index contributed by atoms with van der Waals surface area (Å²) in [4.78, 5) is 13.9. The molecule has 0 bridgehead atoms. The molecule has 1 aromatic heterocycles. The smallest absolute Gasteiger partial charge is 0.327 e. The summed E-state index contributed by atoms with van der Waals surface area (Å²) in [6.45, 7) is 3.91. The molecule has 2 saturated heterocycles. The van der Waals surface area contributed by atoms with Crippen LogP contribution in [0.15, 0.2) is 81.1 Å². The topological polar surface area (TPSA) is 114 Å². The molecule has 3 aliphatic rings. The van der Waals surface area contributed by atoms with Crippen molar-refractivity contribution in [2.24, 2.45) is 11.8 Å². The van der Waals surface area contributed by atoms with Gasteiger partial charge in [-0.3, -0.25) is 4.79 Å². The van der Waals surface area contributed by atoms with Crippen molar-refractivity contribution in [3.63, 3.8) is 0 Å². The SMILES string of the molecule is COC(=O)[C@]12CC[C@H]3CN(S(=O)(=O)c4ccc(C)cc4)[C@H]([C@H]31)[C@H](c1ccco1)N2S(=O)(=O)c1ccc(C)cc1. The lowest BCUT2D eigenvalue weighted by molar-refractivity contribution is -0.152. The van der Waals surface area contributed by atoms with Gasteiger partial charge >= 0.3 is 5.97 Å². The van der Waals surface area contributed by atoms with E-state index in [-0.39, 0.29) is 34.4 Å². The maximum absolute atomic E-state index is 14.5. The van der Waals surface area contributed by atoms with Crippen LogP contribution in [-0.4, -0.2) is 56.7 Å². The zero-order chi connectivity index (χ0) is 27.7. The van der Waals surface area contributed by atoms with Gasteiger partial charge in [-0.25, -0.2) is 16.8 Å². The summed E-state index contributed by atoms with van der Waals surface area (Å²) < 4.78 is 70.8. The van der Waals surface area contributed by atoms with E-state index in [2.05, 4.69) is 0 Å². The van der Waals surface area contributed by atoms with Crippen molar-refractivity contribution in [3.8, 4) is 0 Å². The van der Waals surface area contributed by atoms with Crippen LogP contribution in [0.25, 0.3) is 0 Å². The Hall–Kier alpha value is -2.99. The molecule has 2 aliphatic heterocycles. The van der Waals surface area contributed by atoms with Crippen LogP contribution in [0, 0.1) is 25.7 Å². The number of methoxy groups -OCH3 is 1. The van der Waals surface area contributed by atoms with E-state index >= 15 is 0 Å². The molecule has 39 heavy (non-hydrogen) atoms. The molecular weight excluding hydrogens is 540 g/mol. The Morgan fingerprint density at radius 1 is 0.923 bits per heavy atom. The van der Waals surface area contributed by atoms with Gasteiger partial charge in [0.05, 0.1) is 29.2 Å². The summed E-state index contributed by atoms with van der Waals surface area (Å²) in [5.41, 5.74) is 0.221. The van der Waals surface area contributed by atoms with Gasteiger partial charge in [0.2, 0.25) is 20.0 Å². The van der Waals surface area contributed by atoms with Gasteiger partial charge in [0.1, 0.15) is 17.3 Å². The summed E-state index contributed by atoms with van der Waals surface area (Å²) in [6, 6.07) is 14.3. The molecule has 6 rings (SSSR count). The van der Waals surface area contributed by atoms with Crippen LogP contribution >= 0.6 is 0 Å². The molecule has 1 aliphatic carbocycles. The average molecular weight is 571 g/mol. The molecule has 0 N–H and O–H groups in total. The van der Waals surface area contributed by atoms with Crippen LogP contribution in [0.3, 0.4) is 0 Å². The minimum absolute atomic E-state index is 0.0179. The maximum Gasteiger partial charge on any atom is 0.327 e. The first kappa shape index (κ1) is 26.2. The van der Waals surface area contributed by atoms with E-state index in [0.29, 0.717) is 6.42 Å². The molecule has 3 fully saturated rings. The molecule has 9 nitrogen and oxygen atoms in total. The summed E-state index contributed by atoms with van der Waals surface area (Å²) in [7, 11) is -7.10. The fraction of sp³-hybridized carbons (Fsp3) is 0.393. The Kier molecular flexibility index (Phi) is 6.07. The van der Waals surface area contributed by atoms with Gasteiger partial charge in [-0.05, 0) is 69.0 Å². The highest BCUT2D eigenvalue weighted by molar-refractivity contribution is 7.89. The summed E-state index contributed by atoms with van der Waals surface area (Å²) in [6.07, 6.45) is 2.14. The summed E-state index contributed by atoms with van der Waals surface area (Å²) in [5, 5.41) is 0. The third-order valence-electron chi connectivity index (χ3n) is 8.62. The molecule has 2 aromatic carbocycles. The highest BCUT2D eigenvalue weighted by atomic mass is 32.2. The number of carbonyl (C=O) groups is 1. The van der Waals surface area contributed by atoms with E-state index < -0.39 is 49.6 Å². The van der Waals surface area contributed by atoms with Gasteiger partial charge in [-0.1, -0.05) is 35.4 Å². The van der Waals surface area contributed by atoms with Crippen LogP contribution in [0.5, 0.6) is 0 Å². The molecule has 206 valence electrons. The van der Waals surface area contributed by atoms with Gasteiger partial charge in [0.15, 0.2) is 0 Å². The monoisotopic (exact) mass is 570 g/mol. The molecule has 0 spiro atoms. The summed E-state index contributed by atoms with van der Waals surface area (Å²) >= 11 is 0. The largest absolute Gasteiger partial charge is 0.468 e. The average Bonchev–Trinajstić information content (AvgIpc) is 3.68. The minimum Gasteiger partial charge on any atom is -0.468 e. The van der Waals surface area contributed by atoms with Crippen LogP contribution in [0.2, 0.25) is 0 Å². The van der Waals surface area contributed by atoms with Crippen molar-refractivity contribution >= 4 is 26.0 Å². The highest BCUT2D eigenvalue weighted by Crippen LogP contribution is 2.64. The van der Waals surface area contributed by atoms with Crippen LogP contribution in [0.1, 0.15) is 35.8 Å². The lowest BCUT2D eigenvalue weighted by atomic mass is 9.83. The van der Waals surface area contributed by atoms with E-state index in [1.54, 1.807) is 48.5 Å². The first-order valence-electron chi connectivity index (χ1n) is 12.8. The van der Waals surface area contributed by atoms with E-state index in [9.17, 15) is 21.6 Å². The number of aryl methyl sites for hydroxylation is 2. The van der Waals surface area contributed by atoms with Crippen molar-refractivity contribution < 1.29 is 30.8 Å². The molecule has 3 aromatic rings. The number of hydrogen-bond donors (Lipinski definition) is 0. The quantitative estimate of drug-likeness (QED) is 0.416. The van der Waals surface area contributed by atoms with Gasteiger partial charge in [-0.2, -0.15) is 8.61 Å². The highest BCUT2D eigenvalue weighted by Gasteiger charge is 2.76. The molecular formula is C28H30N2O7S2. The molecule has 0 unspecified atom stereocenters. The Morgan fingerprint density at radius 3 is 2.05 bits per heavy atom. The number of furan rings is 1. The van der Waals surface area contributed by atoms with Crippen LogP contribution in [-0.2, 0) is 29.6 Å². The zero-order valence-corrected chi connectivity index (χ0v) is 23.5. The number of esters is 1. The minimum atomic E-state index is -4.31. The number of hydrogen-bond acceptors (Lipinski definition) is 7. The predicted octanol–water partition coefficient (Wildman–Crippen LogP) is 3.65. The molecule has 5 atom stereocenters. The van der Waals surface area contributed by atoms with Crippen molar-refractivity contribution in [1.82, 2.24) is 8.61 Å². The molecule has 3 heterocycles. The predicted molar refractivity (Wildman–Crippen MR) is 141 cm³/mol. The number of benzene rings is 2. The lowest BCUT2D eigenvalue weighted by Crippen LogP contribution is -2.55. The van der Waals surface area contributed by atoms with Gasteiger partial charge in [-0.15, -0.1) is 0 Å². The number of carbonyl (C=O) groups excluding carboxylic acids is 1. The lowest BCUT2D eigenvalue weighted by Gasteiger charge is -2.37. The van der Waals surface area contributed by atoms with Gasteiger partial charge < -0.3 is 9.15 Å². The van der Waals surface area contributed by atoms with Crippen LogP contribution < -0.4 is 0 Å². The molecule has 1 saturated carbocycles. The van der Waals surface area contributed by atoms with Crippen molar-refractivity contribution in [2.75, 3.05) is 13.7 Å². The van der Waals surface area contributed by atoms with Gasteiger partial charge in [0, 0.05) is 12.5 Å². The second-order valence-corrected chi connectivity index (χ2v) is 14.4. The second kappa shape index (κ2) is 9.02.